The number of rotatable bonds is 5. The fourth-order valence-electron chi connectivity index (χ4n) is 2.02. The molecule has 0 spiro atoms. The largest absolute Gasteiger partial charge is 0.439 e. The van der Waals surface area contributed by atoms with Gasteiger partial charge in [0.25, 0.3) is 0 Å². The second kappa shape index (κ2) is 9.25. The molecule has 0 aromatic heterocycles. The van der Waals surface area contributed by atoms with Gasteiger partial charge in [-0.1, -0.05) is 64.1 Å². The van der Waals surface area contributed by atoms with Crippen LogP contribution >= 0.6 is 27.7 Å². The molecule has 0 saturated carbocycles. The summed E-state index contributed by atoms with van der Waals surface area (Å²) in [5, 5.41) is 1.98. The van der Waals surface area contributed by atoms with E-state index >= 15 is 0 Å². The number of thioether (sulfide) groups is 1. The third kappa shape index (κ3) is 5.93. The van der Waals surface area contributed by atoms with Crippen LogP contribution in [0.4, 0.5) is 5.69 Å². The minimum atomic E-state index is 0.544. The van der Waals surface area contributed by atoms with E-state index in [1.807, 2.05) is 84.3 Å². The maximum absolute atomic E-state index is 5.92. The van der Waals surface area contributed by atoms with E-state index in [-0.39, 0.29) is 0 Å². The van der Waals surface area contributed by atoms with Crippen LogP contribution in [0.15, 0.2) is 111 Å². The van der Waals surface area contributed by atoms with Crippen molar-refractivity contribution in [2.45, 2.75) is 4.90 Å². The lowest BCUT2D eigenvalue weighted by Crippen LogP contribution is -2.04. The normalized spacial score (nSPS) is 11.6. The molecule has 4 heteroatoms. The predicted molar refractivity (Wildman–Crippen MR) is 110 cm³/mol. The van der Waals surface area contributed by atoms with Gasteiger partial charge in [0.05, 0.1) is 5.69 Å². The Hall–Kier alpha value is -2.30. The summed E-state index contributed by atoms with van der Waals surface area (Å²) in [4.78, 5) is 5.74. The Bertz CT molecular complexity index is 846. The quantitative estimate of drug-likeness (QED) is 0.260. The summed E-state index contributed by atoms with van der Waals surface area (Å²) in [6, 6.07) is 27.6. The Labute approximate surface area is 160 Å². The number of aliphatic imine (C=N–C) groups is 1. The highest BCUT2D eigenvalue weighted by molar-refractivity contribution is 9.10. The molecule has 0 amide bonds. The summed E-state index contributed by atoms with van der Waals surface area (Å²) in [6.45, 7) is 0. The van der Waals surface area contributed by atoms with Crippen molar-refractivity contribution in [3.8, 4) is 5.75 Å². The molecule has 3 aromatic carbocycles. The smallest absolute Gasteiger partial charge is 0.220 e. The SMILES string of the molecule is Brc1ccc(SC=CC(=Nc2ccccc2)Oc2ccccc2)cc1. The number of para-hydroxylation sites is 2. The summed E-state index contributed by atoms with van der Waals surface area (Å²) in [7, 11) is 0. The van der Waals surface area contributed by atoms with Crippen LogP contribution in [-0.2, 0) is 0 Å². The zero-order chi connectivity index (χ0) is 17.3. The highest BCUT2D eigenvalue weighted by Crippen LogP contribution is 2.22. The molecule has 3 rings (SSSR count). The van der Waals surface area contributed by atoms with Gasteiger partial charge in [0, 0.05) is 15.4 Å². The van der Waals surface area contributed by atoms with Crippen molar-refractivity contribution in [3.05, 3.63) is 101 Å². The van der Waals surface area contributed by atoms with Gasteiger partial charge in [0.1, 0.15) is 5.75 Å². The molecule has 0 bridgehead atoms. The van der Waals surface area contributed by atoms with Crippen LogP contribution < -0.4 is 4.74 Å². The summed E-state index contributed by atoms with van der Waals surface area (Å²) in [5.41, 5.74) is 0.853. The van der Waals surface area contributed by atoms with Crippen molar-refractivity contribution in [1.29, 1.82) is 0 Å². The molecule has 0 aliphatic rings. The Balaban J connectivity index is 1.77. The second-order valence-corrected chi connectivity index (χ2v) is 6.97. The van der Waals surface area contributed by atoms with E-state index in [1.54, 1.807) is 11.8 Å². The molecule has 2 nitrogen and oxygen atoms in total. The van der Waals surface area contributed by atoms with Crippen LogP contribution in [0.2, 0.25) is 0 Å². The summed E-state index contributed by atoms with van der Waals surface area (Å²) >= 11 is 5.06. The van der Waals surface area contributed by atoms with Crippen LogP contribution in [0.5, 0.6) is 5.75 Å². The highest BCUT2D eigenvalue weighted by atomic mass is 79.9. The molecule has 0 N–H and O–H groups in total. The van der Waals surface area contributed by atoms with Crippen LogP contribution in [0.3, 0.4) is 0 Å². The van der Waals surface area contributed by atoms with Gasteiger partial charge in [0.15, 0.2) is 0 Å². The maximum atomic E-state index is 5.92. The van der Waals surface area contributed by atoms with Crippen LogP contribution in [0, 0.1) is 0 Å². The van der Waals surface area contributed by atoms with Crippen LogP contribution in [-0.4, -0.2) is 5.90 Å². The average molecular weight is 410 g/mol. The van der Waals surface area contributed by atoms with E-state index in [2.05, 4.69) is 33.1 Å². The average Bonchev–Trinajstić information content (AvgIpc) is 2.65. The van der Waals surface area contributed by atoms with E-state index < -0.39 is 0 Å². The topological polar surface area (TPSA) is 21.6 Å². The lowest BCUT2D eigenvalue weighted by Gasteiger charge is -2.05. The lowest BCUT2D eigenvalue weighted by atomic mass is 10.3. The second-order valence-electron chi connectivity index (χ2n) is 5.08. The van der Waals surface area contributed by atoms with Gasteiger partial charge in [-0.05, 0) is 53.9 Å². The van der Waals surface area contributed by atoms with Crippen molar-refractivity contribution in [2.75, 3.05) is 0 Å². The molecule has 0 heterocycles. The first kappa shape index (κ1) is 17.5. The lowest BCUT2D eigenvalue weighted by molar-refractivity contribution is 0.556. The van der Waals surface area contributed by atoms with Gasteiger partial charge in [-0.15, -0.1) is 0 Å². The molecule has 0 aliphatic heterocycles. The molecule has 3 aromatic rings. The molecular weight excluding hydrogens is 394 g/mol. The number of benzene rings is 3. The number of ether oxygens (including phenoxy) is 1. The van der Waals surface area contributed by atoms with Crippen molar-refractivity contribution < 1.29 is 4.74 Å². The first-order chi connectivity index (χ1) is 12.3. The zero-order valence-electron chi connectivity index (χ0n) is 13.4. The van der Waals surface area contributed by atoms with E-state index in [9.17, 15) is 0 Å². The van der Waals surface area contributed by atoms with Crippen LogP contribution in [0.1, 0.15) is 0 Å². The molecule has 25 heavy (non-hydrogen) atoms. The molecule has 0 fully saturated rings. The Morgan fingerprint density at radius 2 is 1.48 bits per heavy atom. The van der Waals surface area contributed by atoms with Gasteiger partial charge < -0.3 is 4.74 Å². The molecule has 124 valence electrons. The minimum absolute atomic E-state index is 0.544. The van der Waals surface area contributed by atoms with Crippen molar-refractivity contribution in [1.82, 2.24) is 0 Å². The van der Waals surface area contributed by atoms with Crippen molar-refractivity contribution >= 4 is 39.3 Å². The van der Waals surface area contributed by atoms with Crippen molar-refractivity contribution in [3.63, 3.8) is 0 Å². The van der Waals surface area contributed by atoms with Crippen LogP contribution in [0.25, 0.3) is 0 Å². The van der Waals surface area contributed by atoms with Gasteiger partial charge in [-0.25, -0.2) is 4.99 Å². The zero-order valence-corrected chi connectivity index (χ0v) is 15.8. The van der Waals surface area contributed by atoms with E-state index in [0.717, 1.165) is 20.8 Å². The Morgan fingerprint density at radius 1 is 0.840 bits per heavy atom. The summed E-state index contributed by atoms with van der Waals surface area (Å²) < 4.78 is 6.99. The number of hydrogen-bond donors (Lipinski definition) is 0. The van der Waals surface area contributed by atoms with E-state index in [1.165, 1.54) is 0 Å². The van der Waals surface area contributed by atoms with Gasteiger partial charge >= 0.3 is 0 Å². The molecule has 0 atom stereocenters. The third-order valence-electron chi connectivity index (χ3n) is 3.19. The first-order valence-corrected chi connectivity index (χ1v) is 9.42. The van der Waals surface area contributed by atoms with Gasteiger partial charge in [0.2, 0.25) is 5.90 Å². The maximum Gasteiger partial charge on any atom is 0.220 e. The van der Waals surface area contributed by atoms with Crippen molar-refractivity contribution in [2.24, 2.45) is 4.99 Å². The molecule has 0 radical (unpaired) electrons. The first-order valence-electron chi connectivity index (χ1n) is 7.75. The minimum Gasteiger partial charge on any atom is -0.439 e. The molecule has 0 saturated heterocycles. The Morgan fingerprint density at radius 3 is 2.16 bits per heavy atom. The highest BCUT2D eigenvalue weighted by Gasteiger charge is 2.00. The number of nitrogens with zero attached hydrogens (tertiary/aromatic N) is 1. The monoisotopic (exact) mass is 409 g/mol. The standard InChI is InChI=1S/C21H16BrNOS/c22-17-11-13-20(14-12-17)25-16-15-21(23-18-7-3-1-4-8-18)24-19-9-5-2-6-10-19/h1-16H. The molecular formula is C21H16BrNOS. The Kier molecular flexibility index (Phi) is 6.48. The van der Waals surface area contributed by atoms with Gasteiger partial charge in [-0.2, -0.15) is 0 Å². The van der Waals surface area contributed by atoms with E-state index in [4.69, 9.17) is 4.74 Å². The fourth-order valence-corrected chi connectivity index (χ4v) is 2.92. The van der Waals surface area contributed by atoms with Gasteiger partial charge in [-0.3, -0.25) is 0 Å². The summed E-state index contributed by atoms with van der Waals surface area (Å²) in [6.07, 6.45) is 1.88. The number of hydrogen-bond acceptors (Lipinski definition) is 3. The number of halogens is 1. The summed E-state index contributed by atoms with van der Waals surface area (Å²) in [5.74, 6) is 1.30. The molecule has 0 unspecified atom stereocenters. The molecule has 0 aliphatic carbocycles. The fraction of sp³-hybridized carbons (Fsp3) is 0. The van der Waals surface area contributed by atoms with E-state index in [0.29, 0.717) is 5.90 Å². The third-order valence-corrected chi connectivity index (χ3v) is 4.53. The predicted octanol–water partition coefficient (Wildman–Crippen LogP) is 6.86.